The minimum Gasteiger partial charge on any atom is -0.491 e. The lowest BCUT2D eigenvalue weighted by Crippen LogP contribution is -2.07. The maximum atomic E-state index is 8.74. The number of ether oxygens (including phenoxy) is 2. The molecule has 0 N–H and O–H groups in total. The standard InChI is InChI=1S/C15H21NO2/c1-2-3-4-5-9-17-10-11-18-15-8-6-7-14(12-15)13-16/h6-8,12H,2-5,9-11H2,1H3. The fourth-order valence-corrected chi connectivity index (χ4v) is 1.61. The molecule has 1 rings (SSSR count). The van der Waals surface area contributed by atoms with Crippen LogP contribution in [-0.4, -0.2) is 19.8 Å². The Morgan fingerprint density at radius 3 is 2.78 bits per heavy atom. The Balaban J connectivity index is 2.05. The Bertz CT molecular complexity index is 371. The van der Waals surface area contributed by atoms with Gasteiger partial charge in [0.1, 0.15) is 12.4 Å². The first-order chi connectivity index (χ1) is 8.86. The number of nitriles is 1. The van der Waals surface area contributed by atoms with Gasteiger partial charge >= 0.3 is 0 Å². The van der Waals surface area contributed by atoms with Crippen molar-refractivity contribution in [2.45, 2.75) is 32.6 Å². The van der Waals surface area contributed by atoms with E-state index in [-0.39, 0.29) is 0 Å². The van der Waals surface area contributed by atoms with Gasteiger partial charge in [-0.1, -0.05) is 32.3 Å². The minimum atomic E-state index is 0.530. The van der Waals surface area contributed by atoms with Crippen LogP contribution in [0.25, 0.3) is 0 Å². The summed E-state index contributed by atoms with van der Waals surface area (Å²) in [6.45, 7) is 4.14. The van der Waals surface area contributed by atoms with Crippen molar-refractivity contribution in [1.82, 2.24) is 0 Å². The monoisotopic (exact) mass is 247 g/mol. The molecular formula is C15H21NO2. The highest BCUT2D eigenvalue weighted by Crippen LogP contribution is 2.12. The lowest BCUT2D eigenvalue weighted by molar-refractivity contribution is 0.0971. The molecule has 0 heterocycles. The molecule has 0 saturated heterocycles. The molecule has 0 bridgehead atoms. The zero-order valence-corrected chi connectivity index (χ0v) is 11.0. The number of hydrogen-bond donors (Lipinski definition) is 0. The van der Waals surface area contributed by atoms with Crippen LogP contribution < -0.4 is 4.74 Å². The summed E-state index contributed by atoms with van der Waals surface area (Å²) in [6, 6.07) is 9.25. The summed E-state index contributed by atoms with van der Waals surface area (Å²) in [7, 11) is 0. The van der Waals surface area contributed by atoms with E-state index in [9.17, 15) is 0 Å². The Labute approximate surface area is 109 Å². The van der Waals surface area contributed by atoms with Crippen molar-refractivity contribution in [3.8, 4) is 11.8 Å². The molecule has 0 spiro atoms. The van der Waals surface area contributed by atoms with Crippen molar-refractivity contribution in [2.75, 3.05) is 19.8 Å². The lowest BCUT2D eigenvalue weighted by Gasteiger charge is -2.07. The minimum absolute atomic E-state index is 0.530. The molecule has 0 saturated carbocycles. The van der Waals surface area contributed by atoms with Crippen molar-refractivity contribution in [3.05, 3.63) is 29.8 Å². The van der Waals surface area contributed by atoms with Crippen LogP contribution in [0.2, 0.25) is 0 Å². The summed E-state index contributed by atoms with van der Waals surface area (Å²) in [5, 5.41) is 8.74. The van der Waals surface area contributed by atoms with Crippen molar-refractivity contribution < 1.29 is 9.47 Å². The molecule has 0 atom stereocenters. The predicted octanol–water partition coefficient (Wildman–Crippen LogP) is 3.53. The molecule has 0 aliphatic rings. The second-order valence-corrected chi connectivity index (χ2v) is 4.16. The highest BCUT2D eigenvalue weighted by molar-refractivity contribution is 5.36. The molecule has 0 aliphatic carbocycles. The summed E-state index contributed by atoms with van der Waals surface area (Å²) in [5.41, 5.74) is 0.619. The van der Waals surface area contributed by atoms with E-state index in [0.29, 0.717) is 18.8 Å². The molecule has 0 unspecified atom stereocenters. The van der Waals surface area contributed by atoms with Gasteiger partial charge in [-0.15, -0.1) is 0 Å². The average Bonchev–Trinajstić information content (AvgIpc) is 2.42. The molecule has 0 aromatic heterocycles. The molecular weight excluding hydrogens is 226 g/mol. The Morgan fingerprint density at radius 1 is 1.11 bits per heavy atom. The summed E-state index contributed by atoms with van der Waals surface area (Å²) in [5.74, 6) is 0.726. The largest absolute Gasteiger partial charge is 0.491 e. The predicted molar refractivity (Wildman–Crippen MR) is 71.6 cm³/mol. The van der Waals surface area contributed by atoms with Gasteiger partial charge in [-0.2, -0.15) is 5.26 Å². The van der Waals surface area contributed by atoms with Crippen molar-refractivity contribution >= 4 is 0 Å². The van der Waals surface area contributed by atoms with Crippen molar-refractivity contribution in [2.24, 2.45) is 0 Å². The molecule has 1 aromatic carbocycles. The number of unbranched alkanes of at least 4 members (excludes halogenated alkanes) is 3. The maximum absolute atomic E-state index is 8.74. The molecule has 98 valence electrons. The van der Waals surface area contributed by atoms with E-state index in [1.807, 2.05) is 12.1 Å². The molecule has 0 amide bonds. The highest BCUT2D eigenvalue weighted by Gasteiger charge is 1.96. The van der Waals surface area contributed by atoms with Gasteiger partial charge < -0.3 is 9.47 Å². The number of nitrogens with zero attached hydrogens (tertiary/aromatic N) is 1. The zero-order valence-electron chi connectivity index (χ0n) is 11.0. The van der Waals surface area contributed by atoms with Crippen LogP contribution in [0.15, 0.2) is 24.3 Å². The van der Waals surface area contributed by atoms with E-state index in [2.05, 4.69) is 13.0 Å². The van der Waals surface area contributed by atoms with E-state index in [1.165, 1.54) is 19.3 Å². The summed E-state index contributed by atoms with van der Waals surface area (Å²) in [4.78, 5) is 0. The smallest absolute Gasteiger partial charge is 0.120 e. The van der Waals surface area contributed by atoms with Gasteiger partial charge in [-0.3, -0.25) is 0 Å². The first-order valence-electron chi connectivity index (χ1n) is 6.57. The molecule has 1 aromatic rings. The van der Waals surface area contributed by atoms with Gasteiger partial charge in [0.15, 0.2) is 0 Å². The third-order valence-electron chi connectivity index (χ3n) is 2.60. The normalized spacial score (nSPS) is 10.0. The van der Waals surface area contributed by atoms with E-state index in [0.717, 1.165) is 18.8 Å². The Morgan fingerprint density at radius 2 is 2.00 bits per heavy atom. The van der Waals surface area contributed by atoms with Crippen molar-refractivity contribution in [1.29, 1.82) is 5.26 Å². The number of benzene rings is 1. The quantitative estimate of drug-likeness (QED) is 0.627. The van der Waals surface area contributed by atoms with Crippen LogP contribution in [-0.2, 0) is 4.74 Å². The second kappa shape index (κ2) is 9.49. The van der Waals surface area contributed by atoms with Crippen LogP contribution in [0.3, 0.4) is 0 Å². The van der Waals surface area contributed by atoms with E-state index in [4.69, 9.17) is 14.7 Å². The lowest BCUT2D eigenvalue weighted by atomic mass is 10.2. The Hall–Kier alpha value is -1.53. The summed E-state index contributed by atoms with van der Waals surface area (Å²) < 4.78 is 11.0. The van der Waals surface area contributed by atoms with Gasteiger partial charge in [-0.05, 0) is 24.6 Å². The van der Waals surface area contributed by atoms with Crippen LogP contribution in [0, 0.1) is 11.3 Å². The zero-order chi connectivity index (χ0) is 13.1. The third kappa shape index (κ3) is 6.27. The average molecular weight is 247 g/mol. The molecule has 0 aliphatic heterocycles. The van der Waals surface area contributed by atoms with Crippen molar-refractivity contribution in [3.63, 3.8) is 0 Å². The molecule has 18 heavy (non-hydrogen) atoms. The van der Waals surface area contributed by atoms with Gasteiger partial charge in [0.25, 0.3) is 0 Å². The van der Waals surface area contributed by atoms with E-state index >= 15 is 0 Å². The van der Waals surface area contributed by atoms with Crippen LogP contribution in [0.1, 0.15) is 38.2 Å². The van der Waals surface area contributed by atoms with Crippen LogP contribution in [0.4, 0.5) is 0 Å². The second-order valence-electron chi connectivity index (χ2n) is 4.16. The number of rotatable bonds is 9. The van der Waals surface area contributed by atoms with Gasteiger partial charge in [0.05, 0.1) is 18.2 Å². The van der Waals surface area contributed by atoms with E-state index < -0.39 is 0 Å². The fourth-order valence-electron chi connectivity index (χ4n) is 1.61. The first-order valence-corrected chi connectivity index (χ1v) is 6.57. The van der Waals surface area contributed by atoms with Gasteiger partial charge in [0, 0.05) is 6.61 Å². The first kappa shape index (κ1) is 14.5. The third-order valence-corrected chi connectivity index (χ3v) is 2.60. The van der Waals surface area contributed by atoms with Gasteiger partial charge in [-0.25, -0.2) is 0 Å². The summed E-state index contributed by atoms with van der Waals surface area (Å²) in [6.07, 6.45) is 4.89. The summed E-state index contributed by atoms with van der Waals surface area (Å²) >= 11 is 0. The Kier molecular flexibility index (Phi) is 7.66. The maximum Gasteiger partial charge on any atom is 0.120 e. The van der Waals surface area contributed by atoms with Gasteiger partial charge in [0.2, 0.25) is 0 Å². The topological polar surface area (TPSA) is 42.2 Å². The SMILES string of the molecule is CCCCCCOCCOc1cccc(C#N)c1. The van der Waals surface area contributed by atoms with Crippen LogP contribution in [0.5, 0.6) is 5.75 Å². The fraction of sp³-hybridized carbons (Fsp3) is 0.533. The molecule has 3 heteroatoms. The number of hydrogen-bond acceptors (Lipinski definition) is 3. The highest BCUT2D eigenvalue weighted by atomic mass is 16.5. The molecule has 0 radical (unpaired) electrons. The molecule has 0 fully saturated rings. The van der Waals surface area contributed by atoms with E-state index in [1.54, 1.807) is 12.1 Å². The molecule has 3 nitrogen and oxygen atoms in total. The van der Waals surface area contributed by atoms with Crippen LogP contribution >= 0.6 is 0 Å².